The minimum Gasteiger partial charge on any atom is -0.471 e. The maximum atomic E-state index is 13.7. The van der Waals surface area contributed by atoms with Crippen LogP contribution in [0, 0.1) is 17.1 Å². The molecule has 5 nitrogen and oxygen atoms in total. The van der Waals surface area contributed by atoms with Crippen molar-refractivity contribution in [2.24, 2.45) is 0 Å². The van der Waals surface area contributed by atoms with Gasteiger partial charge in [-0.05, 0) is 30.3 Å². The zero-order valence-corrected chi connectivity index (χ0v) is 14.7. The monoisotopic (exact) mass is 369 g/mol. The molecule has 0 aliphatic carbocycles. The van der Waals surface area contributed by atoms with Gasteiger partial charge >= 0.3 is 0 Å². The van der Waals surface area contributed by atoms with E-state index < -0.39 is 5.82 Å². The van der Waals surface area contributed by atoms with Crippen LogP contribution in [0.3, 0.4) is 0 Å². The van der Waals surface area contributed by atoms with Crippen molar-refractivity contribution in [2.75, 3.05) is 18.8 Å². The van der Waals surface area contributed by atoms with Crippen LogP contribution in [0.4, 0.5) is 4.39 Å². The number of nitriles is 1. The summed E-state index contributed by atoms with van der Waals surface area (Å²) in [4.78, 5) is 18.3. The van der Waals surface area contributed by atoms with Crippen molar-refractivity contribution < 1.29 is 13.9 Å². The number of aromatic nitrogens is 1. The Kier molecular flexibility index (Phi) is 4.29. The number of rotatable bonds is 3. The lowest BCUT2D eigenvalue weighted by Crippen LogP contribution is -2.60. The quantitative estimate of drug-likeness (QED) is 0.832. The van der Waals surface area contributed by atoms with Crippen molar-refractivity contribution in [1.29, 1.82) is 5.26 Å². The second-order valence-corrected chi connectivity index (χ2v) is 8.07. The molecule has 7 heteroatoms. The molecule has 132 valence electrons. The number of pyridine rings is 1. The van der Waals surface area contributed by atoms with Crippen molar-refractivity contribution in [2.45, 2.75) is 17.3 Å². The van der Waals surface area contributed by atoms with Gasteiger partial charge in [-0.25, -0.2) is 9.37 Å². The van der Waals surface area contributed by atoms with Crippen LogP contribution in [0.2, 0.25) is 0 Å². The summed E-state index contributed by atoms with van der Waals surface area (Å²) in [6.07, 6.45) is 2.16. The Bertz CT molecular complexity index is 892. The number of halogens is 1. The van der Waals surface area contributed by atoms with Gasteiger partial charge in [-0.2, -0.15) is 5.26 Å². The predicted molar refractivity (Wildman–Crippen MR) is 95.5 cm³/mol. The van der Waals surface area contributed by atoms with Gasteiger partial charge in [0.25, 0.3) is 11.8 Å². The number of hydrogen-bond acceptors (Lipinski definition) is 5. The molecule has 1 unspecified atom stereocenters. The van der Waals surface area contributed by atoms with Gasteiger partial charge in [0.15, 0.2) is 5.82 Å². The van der Waals surface area contributed by atoms with E-state index >= 15 is 0 Å². The summed E-state index contributed by atoms with van der Waals surface area (Å²) in [5.41, 5.74) is 1.01. The number of nitrogens with zero attached hydrogens (tertiary/aromatic N) is 3. The van der Waals surface area contributed by atoms with Gasteiger partial charge in [-0.1, -0.05) is 6.07 Å². The molecule has 1 amide bonds. The molecule has 2 saturated heterocycles. The van der Waals surface area contributed by atoms with E-state index in [2.05, 4.69) is 11.1 Å². The molecule has 2 aliphatic heterocycles. The molecule has 2 fully saturated rings. The van der Waals surface area contributed by atoms with Crippen molar-refractivity contribution in [3.63, 3.8) is 0 Å². The number of likely N-dealkylation sites (tertiary alicyclic amines) is 1. The molecule has 4 rings (SSSR count). The summed E-state index contributed by atoms with van der Waals surface area (Å²) in [5.74, 6) is 0.271. The molecule has 2 aromatic rings. The van der Waals surface area contributed by atoms with E-state index in [-0.39, 0.29) is 22.6 Å². The lowest BCUT2D eigenvalue weighted by atomic mass is 9.92. The second kappa shape index (κ2) is 6.61. The lowest BCUT2D eigenvalue weighted by Gasteiger charge is -2.47. The standard InChI is InChI=1S/C19H16FN3O2S/c20-16-5-2-6-22-17(16)25-15-8-19(26-10-15)11-23(12-19)18(24)14-4-1-3-13(7-14)9-21/h1-7,15H,8,10-12H2. The molecule has 0 radical (unpaired) electrons. The molecule has 1 spiro atoms. The van der Waals surface area contributed by atoms with Crippen molar-refractivity contribution >= 4 is 17.7 Å². The smallest absolute Gasteiger partial charge is 0.253 e. The first-order valence-corrected chi connectivity index (χ1v) is 9.28. The van der Waals surface area contributed by atoms with Gasteiger partial charge in [0.1, 0.15) is 6.10 Å². The van der Waals surface area contributed by atoms with Crippen LogP contribution in [-0.2, 0) is 0 Å². The van der Waals surface area contributed by atoms with E-state index in [9.17, 15) is 9.18 Å². The van der Waals surface area contributed by atoms with Crippen LogP contribution in [0.1, 0.15) is 22.3 Å². The Hall–Kier alpha value is -2.59. The van der Waals surface area contributed by atoms with Gasteiger partial charge in [-0.15, -0.1) is 11.8 Å². The van der Waals surface area contributed by atoms with E-state index in [0.29, 0.717) is 24.2 Å². The molecule has 1 aromatic heterocycles. The Morgan fingerprint density at radius 2 is 2.23 bits per heavy atom. The van der Waals surface area contributed by atoms with Crippen LogP contribution in [-0.4, -0.2) is 45.5 Å². The predicted octanol–water partition coefficient (Wildman–Crippen LogP) is 2.87. The molecule has 0 N–H and O–H groups in total. The molecule has 1 aromatic carbocycles. The van der Waals surface area contributed by atoms with Gasteiger partial charge in [0.05, 0.1) is 16.4 Å². The number of ether oxygens (including phenoxy) is 1. The number of amides is 1. The normalized spacial score (nSPS) is 20.5. The fourth-order valence-electron chi connectivity index (χ4n) is 3.41. The maximum absolute atomic E-state index is 13.7. The molecular weight excluding hydrogens is 353 g/mol. The summed E-state index contributed by atoms with van der Waals surface area (Å²) in [7, 11) is 0. The highest BCUT2D eigenvalue weighted by atomic mass is 32.2. The molecular formula is C19H16FN3O2S. The highest BCUT2D eigenvalue weighted by Crippen LogP contribution is 2.46. The van der Waals surface area contributed by atoms with Gasteiger partial charge < -0.3 is 9.64 Å². The molecule has 3 heterocycles. The van der Waals surface area contributed by atoms with Crippen LogP contribution in [0.5, 0.6) is 5.88 Å². The minimum absolute atomic E-state index is 0.0293. The summed E-state index contributed by atoms with van der Waals surface area (Å²) >= 11 is 1.77. The van der Waals surface area contributed by atoms with Crippen molar-refractivity contribution in [3.05, 3.63) is 59.5 Å². The molecule has 26 heavy (non-hydrogen) atoms. The zero-order valence-electron chi connectivity index (χ0n) is 13.9. The van der Waals surface area contributed by atoms with E-state index in [1.54, 1.807) is 40.9 Å². The minimum atomic E-state index is -0.457. The van der Waals surface area contributed by atoms with Gasteiger partial charge in [0, 0.05) is 37.0 Å². The third-order valence-corrected chi connectivity index (χ3v) is 6.24. The average molecular weight is 369 g/mol. The lowest BCUT2D eigenvalue weighted by molar-refractivity contribution is 0.0514. The zero-order chi connectivity index (χ0) is 18.1. The number of benzene rings is 1. The average Bonchev–Trinajstić information content (AvgIpc) is 3.06. The van der Waals surface area contributed by atoms with Gasteiger partial charge in [0.2, 0.25) is 0 Å². The summed E-state index contributed by atoms with van der Waals surface area (Å²) in [6, 6.07) is 11.7. The topological polar surface area (TPSA) is 66.2 Å². The Morgan fingerprint density at radius 1 is 1.38 bits per heavy atom. The molecule has 2 aliphatic rings. The summed E-state index contributed by atoms with van der Waals surface area (Å²) in [6.45, 7) is 1.27. The van der Waals surface area contributed by atoms with E-state index in [4.69, 9.17) is 10.00 Å². The number of carbonyl (C=O) groups is 1. The van der Waals surface area contributed by atoms with Gasteiger partial charge in [-0.3, -0.25) is 4.79 Å². The fraction of sp³-hybridized carbons (Fsp3) is 0.316. The Labute approximate surface area is 154 Å². The third kappa shape index (κ3) is 3.13. The Balaban J connectivity index is 1.36. The van der Waals surface area contributed by atoms with E-state index in [1.165, 1.54) is 18.3 Å². The maximum Gasteiger partial charge on any atom is 0.253 e. The second-order valence-electron chi connectivity index (χ2n) is 6.58. The molecule has 0 saturated carbocycles. The van der Waals surface area contributed by atoms with Crippen LogP contribution < -0.4 is 4.74 Å². The van der Waals surface area contributed by atoms with Crippen molar-refractivity contribution in [1.82, 2.24) is 9.88 Å². The first-order chi connectivity index (χ1) is 12.6. The van der Waals surface area contributed by atoms with Crippen LogP contribution in [0.25, 0.3) is 0 Å². The summed E-state index contributed by atoms with van der Waals surface area (Å²) in [5, 5.41) is 8.97. The Morgan fingerprint density at radius 3 is 3.00 bits per heavy atom. The van der Waals surface area contributed by atoms with Crippen LogP contribution in [0.15, 0.2) is 42.6 Å². The molecule has 1 atom stereocenters. The number of hydrogen-bond donors (Lipinski definition) is 0. The highest BCUT2D eigenvalue weighted by molar-refractivity contribution is 8.01. The highest BCUT2D eigenvalue weighted by Gasteiger charge is 2.51. The molecule has 0 bridgehead atoms. The first-order valence-electron chi connectivity index (χ1n) is 8.29. The number of thioether (sulfide) groups is 1. The van der Waals surface area contributed by atoms with E-state index in [0.717, 1.165) is 12.2 Å². The van der Waals surface area contributed by atoms with Crippen molar-refractivity contribution in [3.8, 4) is 11.9 Å². The first kappa shape index (κ1) is 16.9. The summed E-state index contributed by atoms with van der Waals surface area (Å²) < 4.78 is 19.4. The fourth-order valence-corrected chi connectivity index (χ4v) is 4.94. The van der Waals surface area contributed by atoms with Crippen LogP contribution >= 0.6 is 11.8 Å². The largest absolute Gasteiger partial charge is 0.471 e. The number of carbonyl (C=O) groups excluding carboxylic acids is 1. The third-order valence-electron chi connectivity index (χ3n) is 4.66. The SMILES string of the molecule is N#Cc1cccc(C(=O)N2CC3(CC(Oc4ncccc4F)CS3)C2)c1. The van der Waals surface area contributed by atoms with E-state index in [1.807, 2.05) is 0 Å².